The number of benzene rings is 2. The zero-order valence-corrected chi connectivity index (χ0v) is 17.9. The fourth-order valence-corrected chi connectivity index (χ4v) is 3.77. The Labute approximate surface area is 180 Å². The molecule has 0 radical (unpaired) electrons. The van der Waals surface area contributed by atoms with Gasteiger partial charge in [0.25, 0.3) is 0 Å². The van der Waals surface area contributed by atoms with E-state index in [1.54, 1.807) is 6.92 Å². The minimum Gasteiger partial charge on any atom is -0.325 e. The van der Waals surface area contributed by atoms with E-state index in [4.69, 9.17) is 11.6 Å². The summed E-state index contributed by atoms with van der Waals surface area (Å²) in [5, 5.41) is 10.7. The quantitative estimate of drug-likeness (QED) is 0.510. The molecule has 1 amide bonds. The average molecular weight is 455 g/mol. The molecule has 0 saturated heterocycles. The molecule has 0 spiro atoms. The molecule has 30 heavy (non-hydrogen) atoms. The van der Waals surface area contributed by atoms with Crippen LogP contribution in [0.1, 0.15) is 22.5 Å². The van der Waals surface area contributed by atoms with E-state index in [1.807, 2.05) is 36.6 Å². The molecular weight excluding hydrogens is 437 g/mol. The second-order valence-corrected chi connectivity index (χ2v) is 8.01. The molecule has 0 fully saturated rings. The predicted molar refractivity (Wildman–Crippen MR) is 111 cm³/mol. The number of anilines is 1. The Bertz CT molecular complexity index is 1100. The summed E-state index contributed by atoms with van der Waals surface area (Å²) in [4.78, 5) is 12.3. The third-order valence-corrected chi connectivity index (χ3v) is 5.69. The maximum Gasteiger partial charge on any atom is 0.417 e. The van der Waals surface area contributed by atoms with Gasteiger partial charge in [0.1, 0.15) is 5.82 Å². The molecule has 158 valence electrons. The second kappa shape index (κ2) is 8.69. The molecule has 1 N–H and O–H groups in total. The van der Waals surface area contributed by atoms with E-state index in [9.17, 15) is 18.0 Å². The topological polar surface area (TPSA) is 59.8 Å². The van der Waals surface area contributed by atoms with Gasteiger partial charge in [-0.3, -0.25) is 9.36 Å². The molecule has 0 bridgehead atoms. The SMILES string of the molecule is Cc1ccc(-n2c(C)nnc2SCC(=O)Nc2ccc(Cl)c(C(F)(F)F)c2)cc1C. The van der Waals surface area contributed by atoms with Crippen molar-refractivity contribution in [1.82, 2.24) is 14.8 Å². The maximum absolute atomic E-state index is 13.0. The van der Waals surface area contributed by atoms with Crippen LogP contribution < -0.4 is 5.32 Å². The Hall–Kier alpha value is -2.52. The van der Waals surface area contributed by atoms with Crippen LogP contribution in [-0.2, 0) is 11.0 Å². The third-order valence-electron chi connectivity index (χ3n) is 4.43. The van der Waals surface area contributed by atoms with Crippen LogP contribution >= 0.6 is 23.4 Å². The third kappa shape index (κ3) is 4.96. The van der Waals surface area contributed by atoms with Crippen molar-refractivity contribution < 1.29 is 18.0 Å². The van der Waals surface area contributed by atoms with Crippen LogP contribution in [-0.4, -0.2) is 26.4 Å². The Morgan fingerprint density at radius 3 is 2.50 bits per heavy atom. The molecule has 0 aliphatic rings. The Morgan fingerprint density at radius 2 is 1.83 bits per heavy atom. The number of amides is 1. The molecule has 3 rings (SSSR count). The number of thioether (sulfide) groups is 1. The summed E-state index contributed by atoms with van der Waals surface area (Å²) in [7, 11) is 0. The Balaban J connectivity index is 1.73. The van der Waals surface area contributed by atoms with E-state index in [-0.39, 0.29) is 11.4 Å². The highest BCUT2D eigenvalue weighted by atomic mass is 35.5. The molecule has 0 atom stereocenters. The van der Waals surface area contributed by atoms with Gasteiger partial charge in [0, 0.05) is 11.4 Å². The van der Waals surface area contributed by atoms with E-state index < -0.39 is 22.7 Å². The predicted octanol–water partition coefficient (Wildman–Crippen LogP) is 5.60. The van der Waals surface area contributed by atoms with E-state index >= 15 is 0 Å². The van der Waals surface area contributed by atoms with Gasteiger partial charge in [0.05, 0.1) is 16.3 Å². The number of aromatic nitrogens is 3. The van der Waals surface area contributed by atoms with E-state index in [1.165, 1.54) is 6.07 Å². The summed E-state index contributed by atoms with van der Waals surface area (Å²) in [5.74, 6) is 0.142. The van der Waals surface area contributed by atoms with Crippen LogP contribution in [0.25, 0.3) is 5.69 Å². The molecular formula is C20H18ClF3N4OS. The first kappa shape index (κ1) is 22.2. The van der Waals surface area contributed by atoms with Crippen LogP contribution in [0.3, 0.4) is 0 Å². The number of hydrogen-bond donors (Lipinski definition) is 1. The summed E-state index contributed by atoms with van der Waals surface area (Å²) in [6.07, 6.45) is -4.60. The van der Waals surface area contributed by atoms with E-state index in [0.29, 0.717) is 11.0 Å². The number of aryl methyl sites for hydroxylation is 3. The summed E-state index contributed by atoms with van der Waals surface area (Å²) in [5.41, 5.74) is 2.15. The van der Waals surface area contributed by atoms with Crippen molar-refractivity contribution in [2.75, 3.05) is 11.1 Å². The van der Waals surface area contributed by atoms with Crippen LogP contribution in [0.15, 0.2) is 41.6 Å². The fraction of sp³-hybridized carbons (Fsp3) is 0.250. The maximum atomic E-state index is 13.0. The van der Waals surface area contributed by atoms with Gasteiger partial charge >= 0.3 is 6.18 Å². The first-order valence-electron chi connectivity index (χ1n) is 8.85. The van der Waals surface area contributed by atoms with Crippen molar-refractivity contribution in [2.45, 2.75) is 32.1 Å². The zero-order valence-electron chi connectivity index (χ0n) is 16.3. The summed E-state index contributed by atoms with van der Waals surface area (Å²) in [6, 6.07) is 9.17. The molecule has 1 heterocycles. The second-order valence-electron chi connectivity index (χ2n) is 6.66. The summed E-state index contributed by atoms with van der Waals surface area (Å²) in [6.45, 7) is 5.82. The van der Waals surface area contributed by atoms with Crippen molar-refractivity contribution in [3.63, 3.8) is 0 Å². The van der Waals surface area contributed by atoms with Crippen molar-refractivity contribution in [1.29, 1.82) is 0 Å². The van der Waals surface area contributed by atoms with Crippen LogP contribution in [0.5, 0.6) is 0 Å². The minimum absolute atomic E-state index is 0.0177. The monoisotopic (exact) mass is 454 g/mol. The van der Waals surface area contributed by atoms with Gasteiger partial charge in [0.2, 0.25) is 5.91 Å². The zero-order chi connectivity index (χ0) is 22.1. The number of hydrogen-bond acceptors (Lipinski definition) is 4. The van der Waals surface area contributed by atoms with Gasteiger partial charge in [-0.05, 0) is 62.2 Å². The number of carbonyl (C=O) groups is 1. The first-order chi connectivity index (χ1) is 14.1. The van der Waals surface area contributed by atoms with Crippen LogP contribution in [0.2, 0.25) is 5.02 Å². The number of halogens is 4. The van der Waals surface area contributed by atoms with E-state index in [0.717, 1.165) is 40.7 Å². The highest BCUT2D eigenvalue weighted by Crippen LogP contribution is 2.36. The van der Waals surface area contributed by atoms with Crippen molar-refractivity contribution in [2.24, 2.45) is 0 Å². The van der Waals surface area contributed by atoms with Gasteiger partial charge in [-0.25, -0.2) is 0 Å². The lowest BCUT2D eigenvalue weighted by atomic mass is 10.1. The lowest BCUT2D eigenvalue weighted by Crippen LogP contribution is -2.15. The minimum atomic E-state index is -4.60. The van der Waals surface area contributed by atoms with Gasteiger partial charge in [-0.2, -0.15) is 13.2 Å². The molecule has 1 aromatic heterocycles. The van der Waals surface area contributed by atoms with Crippen molar-refractivity contribution in [3.05, 3.63) is 63.9 Å². The van der Waals surface area contributed by atoms with Crippen molar-refractivity contribution >= 4 is 35.0 Å². The molecule has 10 heteroatoms. The summed E-state index contributed by atoms with van der Waals surface area (Å²) >= 11 is 6.74. The standard InChI is InChI=1S/C20H18ClF3N4OS/c1-11-4-6-15(8-12(11)2)28-13(3)26-27-19(28)30-10-18(29)25-14-5-7-17(21)16(9-14)20(22,23)24/h4-9H,10H2,1-3H3,(H,25,29). The highest BCUT2D eigenvalue weighted by molar-refractivity contribution is 7.99. The van der Waals surface area contributed by atoms with Crippen LogP contribution in [0.4, 0.5) is 18.9 Å². The van der Waals surface area contributed by atoms with Gasteiger partial charge < -0.3 is 5.32 Å². The van der Waals surface area contributed by atoms with Gasteiger partial charge in [-0.15, -0.1) is 10.2 Å². The molecule has 0 unspecified atom stereocenters. The fourth-order valence-electron chi connectivity index (χ4n) is 2.75. The smallest absolute Gasteiger partial charge is 0.325 e. The normalized spacial score (nSPS) is 11.6. The molecule has 3 aromatic rings. The Kier molecular flexibility index (Phi) is 6.42. The van der Waals surface area contributed by atoms with Crippen LogP contribution in [0, 0.1) is 20.8 Å². The number of carbonyl (C=O) groups excluding carboxylic acids is 1. The van der Waals surface area contributed by atoms with Gasteiger partial charge in [0.15, 0.2) is 5.16 Å². The molecule has 5 nitrogen and oxygen atoms in total. The molecule has 2 aromatic carbocycles. The molecule has 0 aliphatic carbocycles. The molecule has 0 saturated carbocycles. The number of nitrogens with zero attached hydrogens (tertiary/aromatic N) is 3. The first-order valence-corrected chi connectivity index (χ1v) is 10.2. The number of nitrogens with one attached hydrogen (secondary N) is 1. The number of alkyl halides is 3. The summed E-state index contributed by atoms with van der Waals surface area (Å²) < 4.78 is 40.8. The van der Waals surface area contributed by atoms with Gasteiger partial charge in [-0.1, -0.05) is 29.4 Å². The van der Waals surface area contributed by atoms with Crippen molar-refractivity contribution in [3.8, 4) is 5.69 Å². The largest absolute Gasteiger partial charge is 0.417 e. The molecule has 0 aliphatic heterocycles. The number of rotatable bonds is 5. The Morgan fingerprint density at radius 1 is 1.10 bits per heavy atom. The van der Waals surface area contributed by atoms with E-state index in [2.05, 4.69) is 15.5 Å². The highest BCUT2D eigenvalue weighted by Gasteiger charge is 2.33. The lowest BCUT2D eigenvalue weighted by molar-refractivity contribution is -0.137. The lowest BCUT2D eigenvalue weighted by Gasteiger charge is -2.12. The average Bonchev–Trinajstić information content (AvgIpc) is 3.03.